The van der Waals surface area contributed by atoms with Gasteiger partial charge < -0.3 is 5.32 Å². The minimum Gasteiger partial charge on any atom is -0.308 e. The summed E-state index contributed by atoms with van der Waals surface area (Å²) in [7, 11) is 0. The fourth-order valence-electron chi connectivity index (χ4n) is 1.99. The molecule has 0 aliphatic heterocycles. The fraction of sp³-hybridized carbons (Fsp3) is 0.857. The van der Waals surface area contributed by atoms with Gasteiger partial charge in [-0.25, -0.2) is 0 Å². The molecule has 1 N–H and O–H groups in total. The van der Waals surface area contributed by atoms with Gasteiger partial charge in [-0.1, -0.05) is 25.0 Å². The van der Waals surface area contributed by atoms with E-state index < -0.39 is 0 Å². The molecule has 0 heterocycles. The number of rotatable bonds is 6. The van der Waals surface area contributed by atoms with Crippen molar-refractivity contribution >= 4 is 11.8 Å². The van der Waals surface area contributed by atoms with Crippen molar-refractivity contribution in [1.29, 1.82) is 0 Å². The molecule has 1 aliphatic carbocycles. The van der Waals surface area contributed by atoms with Gasteiger partial charge in [0.1, 0.15) is 0 Å². The van der Waals surface area contributed by atoms with Crippen molar-refractivity contribution in [2.24, 2.45) is 5.92 Å². The Balaban J connectivity index is 2.01. The lowest BCUT2D eigenvalue weighted by molar-refractivity contribution is 0.445. The van der Waals surface area contributed by atoms with Gasteiger partial charge in [-0.3, -0.25) is 0 Å². The summed E-state index contributed by atoms with van der Waals surface area (Å²) in [6, 6.07) is 0. The summed E-state index contributed by atoms with van der Waals surface area (Å²) in [5.41, 5.74) is 1.54. The third-order valence-electron chi connectivity index (χ3n) is 3.00. The molecule has 1 rings (SSSR count). The zero-order valence-corrected chi connectivity index (χ0v) is 12.0. The van der Waals surface area contributed by atoms with Gasteiger partial charge in [0.05, 0.1) is 0 Å². The SMILES string of the molecule is C=C(CNC(C)(C)C)CSCC1CCCC1. The molecule has 94 valence electrons. The Kier molecular flexibility index (Phi) is 5.91. The van der Waals surface area contributed by atoms with E-state index in [0.29, 0.717) is 0 Å². The van der Waals surface area contributed by atoms with E-state index in [1.165, 1.54) is 37.0 Å². The normalized spacial score (nSPS) is 17.9. The lowest BCUT2D eigenvalue weighted by atomic mass is 10.1. The molecule has 1 fully saturated rings. The van der Waals surface area contributed by atoms with E-state index in [4.69, 9.17) is 0 Å². The average Bonchev–Trinajstić information content (AvgIpc) is 2.66. The van der Waals surface area contributed by atoms with Crippen molar-refractivity contribution in [2.45, 2.75) is 52.0 Å². The van der Waals surface area contributed by atoms with E-state index in [1.54, 1.807) is 0 Å². The minimum absolute atomic E-state index is 0.207. The highest BCUT2D eigenvalue weighted by Gasteiger charge is 2.14. The molecule has 0 aromatic rings. The van der Waals surface area contributed by atoms with Crippen molar-refractivity contribution in [2.75, 3.05) is 18.1 Å². The number of hydrogen-bond acceptors (Lipinski definition) is 2. The first-order chi connectivity index (χ1) is 7.47. The van der Waals surface area contributed by atoms with Crippen LogP contribution < -0.4 is 5.32 Å². The summed E-state index contributed by atoms with van der Waals surface area (Å²) in [6.07, 6.45) is 5.83. The first kappa shape index (κ1) is 14.1. The Morgan fingerprint density at radius 2 is 1.94 bits per heavy atom. The molecule has 0 unspecified atom stereocenters. The Labute approximate surface area is 105 Å². The lowest BCUT2D eigenvalue weighted by Gasteiger charge is -2.21. The summed E-state index contributed by atoms with van der Waals surface area (Å²) in [4.78, 5) is 0. The lowest BCUT2D eigenvalue weighted by Crippen LogP contribution is -2.37. The predicted octanol–water partition coefficient (Wildman–Crippen LogP) is 3.85. The molecular formula is C14H27NS. The Morgan fingerprint density at radius 3 is 2.50 bits per heavy atom. The summed E-state index contributed by atoms with van der Waals surface area (Å²) < 4.78 is 0. The van der Waals surface area contributed by atoms with Crippen LogP contribution in [-0.2, 0) is 0 Å². The molecular weight excluding hydrogens is 214 g/mol. The quantitative estimate of drug-likeness (QED) is 0.709. The minimum atomic E-state index is 0.207. The van der Waals surface area contributed by atoms with Gasteiger partial charge in [0.15, 0.2) is 0 Å². The van der Waals surface area contributed by atoms with E-state index in [1.807, 2.05) is 0 Å². The van der Waals surface area contributed by atoms with Crippen molar-refractivity contribution in [1.82, 2.24) is 5.32 Å². The van der Waals surface area contributed by atoms with Crippen molar-refractivity contribution in [3.63, 3.8) is 0 Å². The predicted molar refractivity (Wildman–Crippen MR) is 76.2 cm³/mol. The van der Waals surface area contributed by atoms with E-state index in [2.05, 4.69) is 44.4 Å². The zero-order chi connectivity index (χ0) is 12.0. The van der Waals surface area contributed by atoms with Crippen LogP contribution in [0.5, 0.6) is 0 Å². The molecule has 0 spiro atoms. The first-order valence-electron chi connectivity index (χ1n) is 6.47. The van der Waals surface area contributed by atoms with Crippen LogP contribution in [0.25, 0.3) is 0 Å². The molecule has 0 atom stereocenters. The van der Waals surface area contributed by atoms with Gasteiger partial charge in [0.25, 0.3) is 0 Å². The average molecular weight is 241 g/mol. The molecule has 0 aromatic heterocycles. The molecule has 0 saturated heterocycles. The van der Waals surface area contributed by atoms with Crippen LogP contribution >= 0.6 is 11.8 Å². The highest BCUT2D eigenvalue weighted by Crippen LogP contribution is 2.28. The molecule has 0 radical (unpaired) electrons. The molecule has 0 bridgehead atoms. The van der Waals surface area contributed by atoms with Gasteiger partial charge in [-0.2, -0.15) is 11.8 Å². The fourth-order valence-corrected chi connectivity index (χ4v) is 3.16. The first-order valence-corrected chi connectivity index (χ1v) is 7.62. The third kappa shape index (κ3) is 6.59. The second kappa shape index (κ2) is 6.70. The summed E-state index contributed by atoms with van der Waals surface area (Å²) in [5, 5.41) is 3.49. The van der Waals surface area contributed by atoms with Gasteiger partial charge >= 0.3 is 0 Å². The Morgan fingerprint density at radius 1 is 1.31 bits per heavy atom. The third-order valence-corrected chi connectivity index (χ3v) is 4.32. The molecule has 16 heavy (non-hydrogen) atoms. The van der Waals surface area contributed by atoms with Crippen LogP contribution in [-0.4, -0.2) is 23.6 Å². The summed E-state index contributed by atoms with van der Waals surface area (Å²) in [5.74, 6) is 3.46. The molecule has 0 amide bonds. The summed E-state index contributed by atoms with van der Waals surface area (Å²) in [6.45, 7) is 11.7. The number of thioether (sulfide) groups is 1. The van der Waals surface area contributed by atoms with E-state index in [9.17, 15) is 0 Å². The van der Waals surface area contributed by atoms with Crippen LogP contribution in [0.15, 0.2) is 12.2 Å². The molecule has 0 aromatic carbocycles. The number of nitrogens with one attached hydrogen (secondary N) is 1. The maximum Gasteiger partial charge on any atom is 0.0175 e. The van der Waals surface area contributed by atoms with E-state index in [-0.39, 0.29) is 5.54 Å². The molecule has 2 heteroatoms. The van der Waals surface area contributed by atoms with Gasteiger partial charge in [-0.15, -0.1) is 0 Å². The van der Waals surface area contributed by atoms with Crippen LogP contribution in [0.4, 0.5) is 0 Å². The molecule has 1 aliphatic rings. The van der Waals surface area contributed by atoms with E-state index in [0.717, 1.165) is 18.2 Å². The Bertz CT molecular complexity index is 211. The van der Waals surface area contributed by atoms with Crippen molar-refractivity contribution in [3.05, 3.63) is 12.2 Å². The molecule has 1 saturated carbocycles. The molecule has 1 nitrogen and oxygen atoms in total. The van der Waals surface area contributed by atoms with Crippen LogP contribution in [0, 0.1) is 5.92 Å². The monoisotopic (exact) mass is 241 g/mol. The van der Waals surface area contributed by atoms with Crippen LogP contribution in [0.3, 0.4) is 0 Å². The zero-order valence-electron chi connectivity index (χ0n) is 11.1. The Hall–Kier alpha value is 0.0500. The smallest absolute Gasteiger partial charge is 0.0175 e. The van der Waals surface area contributed by atoms with Crippen LogP contribution in [0.2, 0.25) is 0 Å². The van der Waals surface area contributed by atoms with Crippen molar-refractivity contribution < 1.29 is 0 Å². The largest absolute Gasteiger partial charge is 0.308 e. The van der Waals surface area contributed by atoms with Gasteiger partial charge in [-0.05, 0) is 45.3 Å². The van der Waals surface area contributed by atoms with Gasteiger partial charge in [0, 0.05) is 17.8 Å². The highest BCUT2D eigenvalue weighted by atomic mass is 32.2. The maximum atomic E-state index is 4.14. The van der Waals surface area contributed by atoms with Crippen LogP contribution in [0.1, 0.15) is 46.5 Å². The topological polar surface area (TPSA) is 12.0 Å². The van der Waals surface area contributed by atoms with E-state index >= 15 is 0 Å². The maximum absolute atomic E-state index is 4.14. The number of hydrogen-bond donors (Lipinski definition) is 1. The summed E-state index contributed by atoms with van der Waals surface area (Å²) >= 11 is 2.07. The highest BCUT2D eigenvalue weighted by molar-refractivity contribution is 7.99. The second-order valence-corrected chi connectivity index (χ2v) is 7.05. The second-order valence-electron chi connectivity index (χ2n) is 6.02. The van der Waals surface area contributed by atoms with Crippen molar-refractivity contribution in [3.8, 4) is 0 Å². The van der Waals surface area contributed by atoms with Gasteiger partial charge in [0.2, 0.25) is 0 Å². The standard InChI is InChI=1S/C14H27NS/c1-12(9-15-14(2,3)4)10-16-11-13-7-5-6-8-13/h13,15H,1,5-11H2,2-4H3.